The zero-order valence-electron chi connectivity index (χ0n) is 7.96. The van der Waals surface area contributed by atoms with Crippen molar-refractivity contribution in [2.45, 2.75) is 38.6 Å². The van der Waals surface area contributed by atoms with Gasteiger partial charge in [0.25, 0.3) is 0 Å². The normalized spacial score (nSPS) is 27.0. The second-order valence-corrected chi connectivity index (χ2v) is 3.61. The first-order valence-corrected chi connectivity index (χ1v) is 4.90. The van der Waals surface area contributed by atoms with Crippen molar-refractivity contribution in [1.82, 2.24) is 4.90 Å². The third-order valence-corrected chi connectivity index (χ3v) is 2.69. The molecule has 0 bridgehead atoms. The van der Waals surface area contributed by atoms with E-state index in [1.807, 2.05) is 0 Å². The number of nitrogens with two attached hydrogens (primary N) is 1. The van der Waals surface area contributed by atoms with Gasteiger partial charge in [-0.2, -0.15) is 0 Å². The lowest BCUT2D eigenvalue weighted by Crippen LogP contribution is -2.35. The van der Waals surface area contributed by atoms with Crippen LogP contribution in [0.2, 0.25) is 0 Å². The van der Waals surface area contributed by atoms with E-state index in [0.717, 1.165) is 6.54 Å². The van der Waals surface area contributed by atoms with Crippen LogP contribution in [-0.4, -0.2) is 30.6 Å². The van der Waals surface area contributed by atoms with E-state index in [9.17, 15) is 0 Å². The standard InChI is InChI=1S/C9H20N2O/c1-9-5-3-2-4-6-11(9)7-8-12-10/h9H,2-8,10H2,1H3. The Kier molecular flexibility index (Phi) is 4.58. The highest BCUT2D eigenvalue weighted by atomic mass is 16.6. The molecule has 0 aromatic carbocycles. The van der Waals surface area contributed by atoms with Gasteiger partial charge in [-0.15, -0.1) is 0 Å². The van der Waals surface area contributed by atoms with Gasteiger partial charge in [0.15, 0.2) is 0 Å². The molecule has 0 aromatic rings. The Hall–Kier alpha value is -0.120. The Morgan fingerprint density at radius 2 is 2.25 bits per heavy atom. The molecule has 1 atom stereocenters. The highest BCUT2D eigenvalue weighted by Gasteiger charge is 2.15. The lowest BCUT2D eigenvalue weighted by molar-refractivity contribution is 0.0920. The van der Waals surface area contributed by atoms with Crippen LogP contribution in [0.4, 0.5) is 0 Å². The molecule has 1 rings (SSSR count). The zero-order valence-corrected chi connectivity index (χ0v) is 7.96. The van der Waals surface area contributed by atoms with Gasteiger partial charge in [0.05, 0.1) is 6.61 Å². The maximum atomic E-state index is 5.00. The Labute approximate surface area is 74.8 Å². The SMILES string of the molecule is CC1CCCCCN1CCON. The van der Waals surface area contributed by atoms with Crippen molar-refractivity contribution in [3.05, 3.63) is 0 Å². The molecule has 1 aliphatic heterocycles. The molecule has 2 N–H and O–H groups in total. The van der Waals surface area contributed by atoms with E-state index >= 15 is 0 Å². The van der Waals surface area contributed by atoms with E-state index in [2.05, 4.69) is 16.7 Å². The number of rotatable bonds is 3. The quantitative estimate of drug-likeness (QED) is 0.649. The first kappa shape index (κ1) is 9.96. The summed E-state index contributed by atoms with van der Waals surface area (Å²) in [6, 6.07) is 0.711. The molecule has 1 unspecified atom stereocenters. The minimum atomic E-state index is 0.657. The molecule has 0 amide bonds. The first-order valence-electron chi connectivity index (χ1n) is 4.90. The summed E-state index contributed by atoms with van der Waals surface area (Å²) in [6.07, 6.45) is 5.41. The molecule has 0 saturated carbocycles. The predicted octanol–water partition coefficient (Wildman–Crippen LogP) is 1.14. The van der Waals surface area contributed by atoms with Crippen LogP contribution < -0.4 is 5.90 Å². The average molecular weight is 172 g/mol. The smallest absolute Gasteiger partial charge is 0.0806 e. The van der Waals surface area contributed by atoms with Crippen LogP contribution in [0.1, 0.15) is 32.6 Å². The first-order chi connectivity index (χ1) is 5.84. The van der Waals surface area contributed by atoms with Crippen LogP contribution in [0.3, 0.4) is 0 Å². The van der Waals surface area contributed by atoms with E-state index in [-0.39, 0.29) is 0 Å². The minimum absolute atomic E-state index is 0.657. The van der Waals surface area contributed by atoms with Crippen molar-refractivity contribution in [2.24, 2.45) is 5.90 Å². The van der Waals surface area contributed by atoms with Crippen molar-refractivity contribution >= 4 is 0 Å². The minimum Gasteiger partial charge on any atom is -0.303 e. The van der Waals surface area contributed by atoms with Crippen molar-refractivity contribution < 1.29 is 4.84 Å². The van der Waals surface area contributed by atoms with Crippen LogP contribution >= 0.6 is 0 Å². The summed E-state index contributed by atoms with van der Waals surface area (Å²) in [7, 11) is 0. The molecule has 3 heteroatoms. The Morgan fingerprint density at radius 1 is 1.42 bits per heavy atom. The van der Waals surface area contributed by atoms with E-state index in [4.69, 9.17) is 5.90 Å². The van der Waals surface area contributed by atoms with Crippen molar-refractivity contribution in [3.63, 3.8) is 0 Å². The summed E-state index contributed by atoms with van der Waals surface area (Å²) in [4.78, 5) is 7.06. The van der Waals surface area contributed by atoms with Crippen LogP contribution in [0.5, 0.6) is 0 Å². The number of hydrogen-bond donors (Lipinski definition) is 1. The maximum Gasteiger partial charge on any atom is 0.0806 e. The third-order valence-electron chi connectivity index (χ3n) is 2.69. The molecule has 12 heavy (non-hydrogen) atoms. The van der Waals surface area contributed by atoms with Gasteiger partial charge in [-0.25, -0.2) is 5.90 Å². The van der Waals surface area contributed by atoms with Gasteiger partial charge in [0, 0.05) is 12.6 Å². The van der Waals surface area contributed by atoms with Crippen molar-refractivity contribution in [3.8, 4) is 0 Å². The van der Waals surface area contributed by atoms with Crippen molar-refractivity contribution in [2.75, 3.05) is 19.7 Å². The monoisotopic (exact) mass is 172 g/mol. The molecular formula is C9H20N2O. The molecule has 1 fully saturated rings. The van der Waals surface area contributed by atoms with Crippen LogP contribution in [0.25, 0.3) is 0 Å². The molecule has 1 heterocycles. The summed E-state index contributed by atoms with van der Waals surface area (Å²) in [5, 5.41) is 0. The molecular weight excluding hydrogens is 152 g/mol. The number of hydrogen-bond acceptors (Lipinski definition) is 3. The van der Waals surface area contributed by atoms with Crippen LogP contribution in [-0.2, 0) is 4.84 Å². The second kappa shape index (κ2) is 5.51. The summed E-state index contributed by atoms with van der Waals surface area (Å²) in [5.74, 6) is 5.00. The van der Waals surface area contributed by atoms with E-state index < -0.39 is 0 Å². The summed E-state index contributed by atoms with van der Waals surface area (Å²) >= 11 is 0. The topological polar surface area (TPSA) is 38.5 Å². The van der Waals surface area contributed by atoms with Crippen LogP contribution in [0, 0.1) is 0 Å². The van der Waals surface area contributed by atoms with Gasteiger partial charge in [-0.1, -0.05) is 12.8 Å². The number of nitrogens with zero attached hydrogens (tertiary/aromatic N) is 1. The lowest BCUT2D eigenvalue weighted by atomic mass is 10.1. The van der Waals surface area contributed by atoms with E-state index in [0.29, 0.717) is 12.6 Å². The van der Waals surface area contributed by atoms with E-state index in [1.165, 1.54) is 32.2 Å². The van der Waals surface area contributed by atoms with Gasteiger partial charge in [0.1, 0.15) is 0 Å². The van der Waals surface area contributed by atoms with Crippen LogP contribution in [0.15, 0.2) is 0 Å². The van der Waals surface area contributed by atoms with E-state index in [1.54, 1.807) is 0 Å². The fourth-order valence-corrected chi connectivity index (χ4v) is 1.84. The maximum absolute atomic E-state index is 5.00. The summed E-state index contributed by atoms with van der Waals surface area (Å²) < 4.78 is 0. The highest BCUT2D eigenvalue weighted by Crippen LogP contribution is 2.15. The molecule has 0 radical (unpaired) electrons. The number of likely N-dealkylation sites (tertiary alicyclic amines) is 1. The Morgan fingerprint density at radius 3 is 3.00 bits per heavy atom. The van der Waals surface area contributed by atoms with Gasteiger partial charge >= 0.3 is 0 Å². The largest absolute Gasteiger partial charge is 0.303 e. The molecule has 0 aliphatic carbocycles. The predicted molar refractivity (Wildman–Crippen MR) is 49.6 cm³/mol. The fraction of sp³-hybridized carbons (Fsp3) is 1.00. The van der Waals surface area contributed by atoms with Gasteiger partial charge in [-0.05, 0) is 26.3 Å². The molecule has 72 valence electrons. The van der Waals surface area contributed by atoms with Gasteiger partial charge in [-0.3, -0.25) is 4.90 Å². The summed E-state index contributed by atoms with van der Waals surface area (Å²) in [6.45, 7) is 5.15. The van der Waals surface area contributed by atoms with Crippen molar-refractivity contribution in [1.29, 1.82) is 0 Å². The summed E-state index contributed by atoms with van der Waals surface area (Å²) in [5.41, 5.74) is 0. The molecule has 1 saturated heterocycles. The Balaban J connectivity index is 2.26. The highest BCUT2D eigenvalue weighted by molar-refractivity contribution is 4.70. The second-order valence-electron chi connectivity index (χ2n) is 3.61. The van der Waals surface area contributed by atoms with Gasteiger partial charge in [0.2, 0.25) is 0 Å². The van der Waals surface area contributed by atoms with Gasteiger partial charge < -0.3 is 4.84 Å². The fourth-order valence-electron chi connectivity index (χ4n) is 1.84. The lowest BCUT2D eigenvalue weighted by Gasteiger charge is -2.25. The molecule has 3 nitrogen and oxygen atoms in total. The Bertz CT molecular complexity index is 119. The molecule has 1 aliphatic rings. The molecule has 0 aromatic heterocycles. The third kappa shape index (κ3) is 3.09. The average Bonchev–Trinajstić information content (AvgIpc) is 2.27. The molecule has 0 spiro atoms. The zero-order chi connectivity index (χ0) is 8.81.